The molecule has 3 heterocycles. The Hall–Kier alpha value is -1.67. The minimum atomic E-state index is -0.0488. The topological polar surface area (TPSA) is 76.5 Å². The van der Waals surface area contributed by atoms with Crippen molar-refractivity contribution in [2.24, 2.45) is 0 Å². The van der Waals surface area contributed by atoms with Crippen LogP contribution in [0.2, 0.25) is 0 Å². The van der Waals surface area contributed by atoms with E-state index in [-0.39, 0.29) is 5.56 Å². The zero-order chi connectivity index (χ0) is 16.1. The van der Waals surface area contributed by atoms with Crippen molar-refractivity contribution in [1.82, 2.24) is 24.7 Å². The first kappa shape index (κ1) is 14.9. The van der Waals surface area contributed by atoms with Crippen molar-refractivity contribution in [2.45, 2.75) is 50.6 Å². The molecule has 0 aliphatic heterocycles. The second-order valence-corrected chi connectivity index (χ2v) is 8.04. The molecule has 1 saturated carbocycles. The van der Waals surface area contributed by atoms with Crippen LogP contribution in [0, 0.1) is 20.8 Å². The zero-order valence-electron chi connectivity index (χ0n) is 13.2. The highest BCUT2D eigenvalue weighted by molar-refractivity contribution is 7.98. The summed E-state index contributed by atoms with van der Waals surface area (Å²) in [4.78, 5) is 21.8. The summed E-state index contributed by atoms with van der Waals surface area (Å²) in [6, 6.07) is 0.546. The highest BCUT2D eigenvalue weighted by Crippen LogP contribution is 2.39. The molecule has 0 bridgehead atoms. The number of fused-ring (bicyclic) bond motifs is 1. The number of hydrogen-bond donors (Lipinski definition) is 1. The first-order valence-corrected chi connectivity index (χ1v) is 9.38. The van der Waals surface area contributed by atoms with Gasteiger partial charge in [-0.05, 0) is 39.2 Å². The minimum Gasteiger partial charge on any atom is -0.309 e. The smallest absolute Gasteiger partial charge is 0.259 e. The van der Waals surface area contributed by atoms with Gasteiger partial charge in [0.2, 0.25) is 0 Å². The maximum Gasteiger partial charge on any atom is 0.259 e. The van der Waals surface area contributed by atoms with Gasteiger partial charge in [0.1, 0.15) is 16.5 Å². The molecule has 1 N–H and O–H groups in total. The molecule has 0 spiro atoms. The van der Waals surface area contributed by atoms with Gasteiger partial charge in [-0.1, -0.05) is 11.8 Å². The summed E-state index contributed by atoms with van der Waals surface area (Å²) in [6.07, 6.45) is 2.39. The van der Waals surface area contributed by atoms with E-state index in [9.17, 15) is 4.79 Å². The Morgan fingerprint density at radius 2 is 2.09 bits per heavy atom. The Bertz CT molecular complexity index is 951. The molecule has 1 fully saturated rings. The lowest BCUT2D eigenvalue weighted by molar-refractivity contribution is 0.644. The molecule has 0 aromatic carbocycles. The molecule has 0 unspecified atom stereocenters. The van der Waals surface area contributed by atoms with E-state index >= 15 is 0 Å². The molecule has 23 heavy (non-hydrogen) atoms. The lowest BCUT2D eigenvalue weighted by Crippen LogP contribution is -2.11. The Morgan fingerprint density at radius 1 is 1.30 bits per heavy atom. The van der Waals surface area contributed by atoms with Crippen LogP contribution in [-0.2, 0) is 5.75 Å². The summed E-state index contributed by atoms with van der Waals surface area (Å²) in [5.41, 5.74) is 0.981. The van der Waals surface area contributed by atoms with Crippen LogP contribution >= 0.6 is 23.1 Å². The Balaban J connectivity index is 1.62. The summed E-state index contributed by atoms with van der Waals surface area (Å²) >= 11 is 3.16. The molecule has 0 radical (unpaired) electrons. The van der Waals surface area contributed by atoms with Crippen molar-refractivity contribution >= 4 is 33.3 Å². The maximum atomic E-state index is 12.3. The number of aromatic nitrogens is 5. The number of rotatable bonds is 4. The van der Waals surface area contributed by atoms with Crippen molar-refractivity contribution in [3.8, 4) is 0 Å². The second kappa shape index (κ2) is 5.45. The molecule has 0 saturated heterocycles. The van der Waals surface area contributed by atoms with Gasteiger partial charge in [0.25, 0.3) is 5.56 Å². The van der Waals surface area contributed by atoms with Gasteiger partial charge in [-0.2, -0.15) is 0 Å². The fourth-order valence-corrected chi connectivity index (χ4v) is 4.67. The monoisotopic (exact) mass is 347 g/mol. The van der Waals surface area contributed by atoms with Gasteiger partial charge in [-0.15, -0.1) is 21.5 Å². The summed E-state index contributed by atoms with van der Waals surface area (Å²) < 4.78 is 2.20. The predicted octanol–water partition coefficient (Wildman–Crippen LogP) is 3.13. The molecule has 0 atom stereocenters. The summed E-state index contributed by atoms with van der Waals surface area (Å²) in [5.74, 6) is 2.24. The maximum absolute atomic E-state index is 12.3. The van der Waals surface area contributed by atoms with Crippen LogP contribution in [0.5, 0.6) is 0 Å². The van der Waals surface area contributed by atoms with Gasteiger partial charge in [0.05, 0.1) is 11.1 Å². The Morgan fingerprint density at radius 3 is 2.83 bits per heavy atom. The van der Waals surface area contributed by atoms with Gasteiger partial charge in [0.15, 0.2) is 5.16 Å². The van der Waals surface area contributed by atoms with E-state index < -0.39 is 0 Å². The number of aryl methyl sites for hydroxylation is 3. The third-order valence-corrected chi connectivity index (χ3v) is 6.23. The van der Waals surface area contributed by atoms with Gasteiger partial charge in [-0.3, -0.25) is 4.79 Å². The summed E-state index contributed by atoms with van der Waals surface area (Å²) in [6.45, 7) is 5.98. The fraction of sp³-hybridized carbons (Fsp3) is 0.467. The highest BCUT2D eigenvalue weighted by Gasteiger charge is 2.28. The molecule has 1 aliphatic carbocycles. The van der Waals surface area contributed by atoms with E-state index in [1.54, 1.807) is 23.1 Å². The third-order valence-electron chi connectivity index (χ3n) is 4.17. The van der Waals surface area contributed by atoms with Crippen LogP contribution in [0.3, 0.4) is 0 Å². The summed E-state index contributed by atoms with van der Waals surface area (Å²) in [5, 5.41) is 10.1. The molecule has 3 aromatic rings. The van der Waals surface area contributed by atoms with Gasteiger partial charge >= 0.3 is 0 Å². The van der Waals surface area contributed by atoms with Crippen LogP contribution in [0.1, 0.15) is 41.0 Å². The number of nitrogens with zero attached hydrogens (tertiary/aromatic N) is 4. The number of thiophene rings is 1. The predicted molar refractivity (Wildman–Crippen MR) is 92.3 cm³/mol. The molecular formula is C15H17N5OS2. The van der Waals surface area contributed by atoms with Gasteiger partial charge in [0, 0.05) is 10.9 Å². The molecule has 1 aliphatic rings. The van der Waals surface area contributed by atoms with Crippen molar-refractivity contribution < 1.29 is 0 Å². The second-order valence-electron chi connectivity index (χ2n) is 5.90. The van der Waals surface area contributed by atoms with Crippen molar-refractivity contribution in [3.05, 3.63) is 32.4 Å². The summed E-state index contributed by atoms with van der Waals surface area (Å²) in [7, 11) is 0. The van der Waals surface area contributed by atoms with E-state index in [0.717, 1.165) is 31.6 Å². The van der Waals surface area contributed by atoms with E-state index in [2.05, 4.69) is 24.7 Å². The standard InChI is InChI=1S/C15H17N5OS2/c1-7-8(2)23-14-12(7)13(21)16-11(17-14)6-22-15-19-18-9(3)20(15)10-4-5-10/h10H,4-6H2,1-3H3,(H,16,17,21). The molecule has 4 rings (SSSR count). The lowest BCUT2D eigenvalue weighted by atomic mass is 10.2. The van der Waals surface area contributed by atoms with Crippen molar-refractivity contribution in [3.63, 3.8) is 0 Å². The first-order chi connectivity index (χ1) is 11.0. The molecule has 120 valence electrons. The van der Waals surface area contributed by atoms with Crippen molar-refractivity contribution in [2.75, 3.05) is 0 Å². The molecule has 0 amide bonds. The number of hydrogen-bond acceptors (Lipinski definition) is 6. The van der Waals surface area contributed by atoms with Crippen molar-refractivity contribution in [1.29, 1.82) is 0 Å². The van der Waals surface area contributed by atoms with E-state index in [1.165, 1.54) is 12.8 Å². The first-order valence-electron chi connectivity index (χ1n) is 7.58. The van der Waals surface area contributed by atoms with Crippen LogP contribution in [0.25, 0.3) is 10.2 Å². The number of aromatic amines is 1. The number of nitrogens with one attached hydrogen (secondary N) is 1. The Kier molecular flexibility index (Phi) is 3.53. The van der Waals surface area contributed by atoms with Crippen LogP contribution in [0.4, 0.5) is 0 Å². The average Bonchev–Trinajstić information content (AvgIpc) is 3.21. The van der Waals surface area contributed by atoms with Gasteiger partial charge in [-0.25, -0.2) is 4.98 Å². The molecule has 3 aromatic heterocycles. The van der Waals surface area contributed by atoms with E-state index in [1.807, 2.05) is 20.8 Å². The van der Waals surface area contributed by atoms with Crippen LogP contribution in [-0.4, -0.2) is 24.7 Å². The Labute approximate surface area is 141 Å². The molecule has 8 heteroatoms. The quantitative estimate of drug-likeness (QED) is 0.734. The lowest BCUT2D eigenvalue weighted by Gasteiger charge is -2.06. The van der Waals surface area contributed by atoms with E-state index in [0.29, 0.717) is 17.6 Å². The molecular weight excluding hydrogens is 330 g/mol. The van der Waals surface area contributed by atoms with Gasteiger partial charge < -0.3 is 9.55 Å². The number of thioether (sulfide) groups is 1. The SMILES string of the molecule is Cc1sc2nc(CSc3nnc(C)n3C3CC3)[nH]c(=O)c2c1C. The fourth-order valence-electron chi connectivity index (χ4n) is 2.70. The van der Waals surface area contributed by atoms with Crippen LogP contribution < -0.4 is 5.56 Å². The average molecular weight is 347 g/mol. The highest BCUT2D eigenvalue weighted by atomic mass is 32.2. The van der Waals surface area contributed by atoms with Crippen LogP contribution in [0.15, 0.2) is 9.95 Å². The number of H-pyrrole nitrogens is 1. The minimum absolute atomic E-state index is 0.0488. The third kappa shape index (κ3) is 2.59. The normalized spacial score (nSPS) is 14.7. The zero-order valence-corrected chi connectivity index (χ0v) is 14.8. The van der Waals surface area contributed by atoms with E-state index in [4.69, 9.17) is 0 Å². The largest absolute Gasteiger partial charge is 0.309 e. The molecule has 6 nitrogen and oxygen atoms in total.